The minimum atomic E-state index is -0.436. The van der Waals surface area contributed by atoms with Crippen molar-refractivity contribution >= 4 is 62.3 Å². The molecule has 2 heterocycles. The normalized spacial score (nSPS) is 11.4. The van der Waals surface area contributed by atoms with E-state index >= 15 is 0 Å². The zero-order chi connectivity index (χ0) is 20.8. The maximum atomic E-state index is 12.1. The number of amides is 1. The Labute approximate surface area is 187 Å². The van der Waals surface area contributed by atoms with Gasteiger partial charge < -0.3 is 10.3 Å². The van der Waals surface area contributed by atoms with Crippen LogP contribution in [0.2, 0.25) is 10.0 Å². The molecule has 5 aromatic rings. The van der Waals surface area contributed by atoms with Crippen LogP contribution in [-0.4, -0.2) is 10.5 Å². The van der Waals surface area contributed by atoms with E-state index in [0.29, 0.717) is 22.2 Å². The summed E-state index contributed by atoms with van der Waals surface area (Å²) >= 11 is 14.6. The molecule has 6 heteroatoms. The van der Waals surface area contributed by atoms with Crippen molar-refractivity contribution in [3.8, 4) is 11.1 Å². The van der Waals surface area contributed by atoms with Crippen molar-refractivity contribution in [1.29, 1.82) is 0 Å². The van der Waals surface area contributed by atoms with E-state index in [1.807, 2.05) is 48.5 Å². The second-order valence-electron chi connectivity index (χ2n) is 7.06. The Balaban J connectivity index is 1.85. The van der Waals surface area contributed by atoms with Crippen LogP contribution in [0.4, 0.5) is 0 Å². The van der Waals surface area contributed by atoms with Crippen LogP contribution in [0.3, 0.4) is 0 Å². The van der Waals surface area contributed by atoms with Gasteiger partial charge in [0.15, 0.2) is 0 Å². The van der Waals surface area contributed by atoms with Gasteiger partial charge in [-0.2, -0.15) is 0 Å². The molecule has 0 radical (unpaired) electrons. The lowest BCUT2D eigenvalue weighted by Crippen LogP contribution is -2.11. The molecule has 0 aliphatic heterocycles. The number of carbonyl (C=O) groups is 1. The number of hydrogen-bond acceptors (Lipinski definition) is 2. The largest absolute Gasteiger partial charge is 0.366 e. The Kier molecular flexibility index (Phi) is 4.78. The van der Waals surface area contributed by atoms with Crippen molar-refractivity contribution in [3.63, 3.8) is 0 Å². The minimum absolute atomic E-state index is 0.436. The summed E-state index contributed by atoms with van der Waals surface area (Å²) in [5.41, 5.74) is 9.91. The van der Waals surface area contributed by atoms with Gasteiger partial charge in [-0.1, -0.05) is 53.5 Å². The molecule has 0 saturated heterocycles. The molecule has 3 nitrogen and oxygen atoms in total. The standard InChI is InChI=1S/C24H16Cl2N2OS/c25-18-6-2-7-19(26)22(18)14-9-10-16-21(12-14)28(13-15-4-3-11-30-15)20-8-1-5-17(23(16)20)24(27)29/h1-12H,13H2,(H2,27,29). The van der Waals surface area contributed by atoms with Crippen LogP contribution in [0.1, 0.15) is 15.2 Å². The van der Waals surface area contributed by atoms with Crippen LogP contribution >= 0.6 is 34.5 Å². The molecule has 5 rings (SSSR count). The Bertz CT molecular complexity index is 1400. The van der Waals surface area contributed by atoms with E-state index < -0.39 is 5.91 Å². The monoisotopic (exact) mass is 450 g/mol. The molecule has 0 atom stereocenters. The molecule has 30 heavy (non-hydrogen) atoms. The molecule has 3 aromatic carbocycles. The van der Waals surface area contributed by atoms with Crippen LogP contribution in [-0.2, 0) is 6.54 Å². The Morgan fingerprint density at radius 1 is 0.933 bits per heavy atom. The van der Waals surface area contributed by atoms with Gasteiger partial charge >= 0.3 is 0 Å². The second-order valence-corrected chi connectivity index (χ2v) is 8.90. The molecule has 0 fully saturated rings. The van der Waals surface area contributed by atoms with Crippen LogP contribution in [0.5, 0.6) is 0 Å². The summed E-state index contributed by atoms with van der Waals surface area (Å²) < 4.78 is 2.22. The molecular formula is C24H16Cl2N2OS. The average Bonchev–Trinajstić information content (AvgIpc) is 3.35. The van der Waals surface area contributed by atoms with Gasteiger partial charge in [0.25, 0.3) is 0 Å². The van der Waals surface area contributed by atoms with Crippen LogP contribution in [0, 0.1) is 0 Å². The van der Waals surface area contributed by atoms with Gasteiger partial charge in [-0.15, -0.1) is 11.3 Å². The number of thiophene rings is 1. The average molecular weight is 451 g/mol. The number of primary amides is 1. The van der Waals surface area contributed by atoms with E-state index in [2.05, 4.69) is 22.1 Å². The molecule has 0 aliphatic rings. The topological polar surface area (TPSA) is 48.0 Å². The number of nitrogens with two attached hydrogens (primary N) is 1. The number of rotatable bonds is 4. The number of benzene rings is 3. The quantitative estimate of drug-likeness (QED) is 0.315. The van der Waals surface area contributed by atoms with Crippen LogP contribution < -0.4 is 5.73 Å². The highest BCUT2D eigenvalue weighted by Crippen LogP contribution is 2.39. The molecule has 1 amide bonds. The fourth-order valence-electron chi connectivity index (χ4n) is 4.01. The smallest absolute Gasteiger partial charge is 0.249 e. The summed E-state index contributed by atoms with van der Waals surface area (Å²) in [4.78, 5) is 13.4. The van der Waals surface area contributed by atoms with Gasteiger partial charge in [-0.3, -0.25) is 4.79 Å². The van der Waals surface area contributed by atoms with Crippen LogP contribution in [0.25, 0.3) is 32.9 Å². The van der Waals surface area contributed by atoms with Gasteiger partial charge in [-0.25, -0.2) is 0 Å². The van der Waals surface area contributed by atoms with Gasteiger partial charge in [0.2, 0.25) is 5.91 Å². The van der Waals surface area contributed by atoms with Crippen molar-refractivity contribution in [2.45, 2.75) is 6.54 Å². The molecule has 0 aliphatic carbocycles. The van der Waals surface area contributed by atoms with Crippen molar-refractivity contribution in [2.24, 2.45) is 5.73 Å². The molecule has 0 saturated carbocycles. The Morgan fingerprint density at radius 2 is 1.70 bits per heavy atom. The number of halogens is 2. The lowest BCUT2D eigenvalue weighted by Gasteiger charge is -2.10. The number of hydrogen-bond donors (Lipinski definition) is 1. The van der Waals surface area contributed by atoms with Crippen LogP contribution in [0.15, 0.2) is 72.1 Å². The molecule has 2 aromatic heterocycles. The maximum absolute atomic E-state index is 12.1. The summed E-state index contributed by atoms with van der Waals surface area (Å²) in [5, 5.41) is 5.10. The number of aromatic nitrogens is 1. The number of carbonyl (C=O) groups excluding carboxylic acids is 1. The lowest BCUT2D eigenvalue weighted by atomic mass is 10.0. The minimum Gasteiger partial charge on any atom is -0.366 e. The van der Waals surface area contributed by atoms with Gasteiger partial charge in [0.05, 0.1) is 17.6 Å². The maximum Gasteiger partial charge on any atom is 0.249 e. The summed E-state index contributed by atoms with van der Waals surface area (Å²) in [6.45, 7) is 0.694. The Morgan fingerprint density at radius 3 is 2.40 bits per heavy atom. The summed E-state index contributed by atoms with van der Waals surface area (Å²) in [6, 6.07) is 21.4. The van der Waals surface area contributed by atoms with Crippen molar-refractivity contribution in [3.05, 3.63) is 92.6 Å². The van der Waals surface area contributed by atoms with Crippen molar-refractivity contribution in [2.75, 3.05) is 0 Å². The summed E-state index contributed by atoms with van der Waals surface area (Å²) in [6.07, 6.45) is 0. The van der Waals surface area contributed by atoms with E-state index in [-0.39, 0.29) is 0 Å². The van der Waals surface area contributed by atoms with Gasteiger partial charge in [0.1, 0.15) is 0 Å². The first kappa shape index (κ1) is 19.2. The highest BCUT2D eigenvalue weighted by Gasteiger charge is 2.18. The van der Waals surface area contributed by atoms with E-state index in [1.165, 1.54) is 4.88 Å². The zero-order valence-electron chi connectivity index (χ0n) is 15.7. The van der Waals surface area contributed by atoms with Crippen molar-refractivity contribution < 1.29 is 4.79 Å². The van der Waals surface area contributed by atoms with Gasteiger partial charge in [-0.05, 0) is 47.3 Å². The number of fused-ring (bicyclic) bond motifs is 3. The fraction of sp³-hybridized carbons (Fsp3) is 0.0417. The fourth-order valence-corrected chi connectivity index (χ4v) is 5.32. The molecule has 0 unspecified atom stereocenters. The lowest BCUT2D eigenvalue weighted by molar-refractivity contribution is 0.100. The Hall–Kier alpha value is -2.79. The first-order valence-electron chi connectivity index (χ1n) is 9.36. The molecule has 0 spiro atoms. The van der Waals surface area contributed by atoms with E-state index in [9.17, 15) is 4.79 Å². The second kappa shape index (κ2) is 7.47. The summed E-state index contributed by atoms with van der Waals surface area (Å²) in [7, 11) is 0. The first-order chi connectivity index (χ1) is 14.5. The highest BCUT2D eigenvalue weighted by atomic mass is 35.5. The third-order valence-electron chi connectivity index (χ3n) is 5.30. The van der Waals surface area contributed by atoms with E-state index in [1.54, 1.807) is 17.4 Å². The predicted octanol–water partition coefficient (Wildman–Crippen LogP) is 6.98. The van der Waals surface area contributed by atoms with E-state index in [4.69, 9.17) is 28.9 Å². The molecule has 2 N–H and O–H groups in total. The zero-order valence-corrected chi connectivity index (χ0v) is 18.1. The van der Waals surface area contributed by atoms with E-state index in [0.717, 1.165) is 32.9 Å². The molecule has 0 bridgehead atoms. The first-order valence-corrected chi connectivity index (χ1v) is 11.0. The van der Waals surface area contributed by atoms with Gasteiger partial charge in [0, 0.05) is 36.8 Å². The third kappa shape index (κ3) is 3.08. The highest BCUT2D eigenvalue weighted by molar-refractivity contribution is 7.09. The SMILES string of the molecule is NC(=O)c1cccc2c1c1ccc(-c3c(Cl)cccc3Cl)cc1n2Cc1cccs1. The summed E-state index contributed by atoms with van der Waals surface area (Å²) in [5.74, 6) is -0.436. The predicted molar refractivity (Wildman–Crippen MR) is 127 cm³/mol. The van der Waals surface area contributed by atoms with Crippen molar-refractivity contribution in [1.82, 2.24) is 4.57 Å². The number of nitrogens with zero attached hydrogens (tertiary/aromatic N) is 1. The molecular weight excluding hydrogens is 435 g/mol. The third-order valence-corrected chi connectivity index (χ3v) is 6.79. The molecule has 148 valence electrons.